The molecule has 4 aromatic rings. The number of rotatable bonds is 5. The Morgan fingerprint density at radius 1 is 1.10 bits per heavy atom. The van der Waals surface area contributed by atoms with Gasteiger partial charge in [-0.3, -0.25) is 4.79 Å². The third kappa shape index (κ3) is 3.67. The lowest BCUT2D eigenvalue weighted by Crippen LogP contribution is -2.28. The minimum Gasteiger partial charge on any atom is -0.383 e. The second kappa shape index (κ2) is 7.71. The Kier molecular flexibility index (Phi) is 4.95. The number of aromatic nitrogens is 3. The molecule has 0 saturated carbocycles. The number of nitrogen functional groups attached to an aromatic ring is 1. The van der Waals surface area contributed by atoms with Gasteiger partial charge in [0, 0.05) is 6.54 Å². The third-order valence-electron chi connectivity index (χ3n) is 4.49. The zero-order valence-corrected chi connectivity index (χ0v) is 16.3. The number of carbonyl (C=O) groups excluding carboxylic acids is 1. The van der Waals surface area contributed by atoms with Gasteiger partial charge in [0.15, 0.2) is 5.65 Å². The van der Waals surface area contributed by atoms with E-state index in [4.69, 9.17) is 5.73 Å². The van der Waals surface area contributed by atoms with E-state index < -0.39 is 0 Å². The van der Waals surface area contributed by atoms with Crippen LogP contribution in [0.1, 0.15) is 29.8 Å². The fraction of sp³-hybridized carbons (Fsp3) is 0.182. The number of hydrogen-bond donors (Lipinski definition) is 2. The van der Waals surface area contributed by atoms with Gasteiger partial charge in [-0.2, -0.15) is 9.78 Å². The zero-order chi connectivity index (χ0) is 20.4. The van der Waals surface area contributed by atoms with E-state index in [2.05, 4.69) is 20.4 Å². The highest BCUT2D eigenvalue weighted by Gasteiger charge is 2.24. The molecule has 0 aliphatic carbocycles. The predicted octanol–water partition coefficient (Wildman–Crippen LogP) is 3.43. The molecule has 0 radical (unpaired) electrons. The van der Waals surface area contributed by atoms with E-state index in [0.29, 0.717) is 40.2 Å². The first-order chi connectivity index (χ1) is 14.0. The monoisotopic (exact) mass is 386 g/mol. The Hall–Kier alpha value is -3.74. The highest BCUT2D eigenvalue weighted by Crippen LogP contribution is 2.27. The molecule has 1 amide bonds. The highest BCUT2D eigenvalue weighted by molar-refractivity contribution is 6.10. The van der Waals surface area contributed by atoms with Crippen LogP contribution in [-0.4, -0.2) is 33.3 Å². The van der Waals surface area contributed by atoms with Crippen molar-refractivity contribution in [2.24, 2.45) is 11.0 Å². The van der Waals surface area contributed by atoms with E-state index in [1.165, 1.54) is 4.68 Å². The van der Waals surface area contributed by atoms with Gasteiger partial charge in [-0.05, 0) is 23.6 Å². The molecule has 0 spiro atoms. The molecule has 0 fully saturated rings. The Labute approximate surface area is 168 Å². The number of fused-ring (bicyclic) bond motifs is 2. The van der Waals surface area contributed by atoms with Crippen molar-refractivity contribution in [3.05, 3.63) is 65.7 Å². The molecule has 7 heteroatoms. The summed E-state index contributed by atoms with van der Waals surface area (Å²) in [4.78, 5) is 22.2. The van der Waals surface area contributed by atoms with E-state index in [-0.39, 0.29) is 11.7 Å². The molecule has 2 heterocycles. The van der Waals surface area contributed by atoms with Gasteiger partial charge < -0.3 is 11.1 Å². The summed E-state index contributed by atoms with van der Waals surface area (Å²) in [6.07, 6.45) is 1.68. The zero-order valence-electron chi connectivity index (χ0n) is 16.3. The molecule has 4 rings (SSSR count). The summed E-state index contributed by atoms with van der Waals surface area (Å²) in [6, 6.07) is 17.2. The van der Waals surface area contributed by atoms with E-state index in [9.17, 15) is 4.79 Å². The predicted molar refractivity (Wildman–Crippen MR) is 116 cm³/mol. The van der Waals surface area contributed by atoms with Crippen LogP contribution in [0.15, 0.2) is 59.7 Å². The molecule has 0 unspecified atom stereocenters. The van der Waals surface area contributed by atoms with Crippen molar-refractivity contribution in [2.75, 3.05) is 12.3 Å². The summed E-state index contributed by atoms with van der Waals surface area (Å²) in [5, 5.41) is 7.41. The number of para-hydroxylation sites is 2. The van der Waals surface area contributed by atoms with Crippen molar-refractivity contribution in [1.82, 2.24) is 20.0 Å². The molecule has 0 saturated heterocycles. The first kappa shape index (κ1) is 18.6. The van der Waals surface area contributed by atoms with Gasteiger partial charge in [0.05, 0.1) is 17.2 Å². The van der Waals surface area contributed by atoms with Crippen LogP contribution in [-0.2, 0) is 0 Å². The van der Waals surface area contributed by atoms with Gasteiger partial charge in [0.25, 0.3) is 5.91 Å². The molecule has 7 nitrogen and oxygen atoms in total. The van der Waals surface area contributed by atoms with Crippen molar-refractivity contribution >= 4 is 40.1 Å². The first-order valence-corrected chi connectivity index (χ1v) is 9.49. The van der Waals surface area contributed by atoms with Gasteiger partial charge in [0.1, 0.15) is 16.9 Å². The fourth-order valence-electron chi connectivity index (χ4n) is 3.04. The maximum absolute atomic E-state index is 12.9. The molecule has 0 aliphatic rings. The standard InChI is InChI=1S/C22H22N6O/c1-14(2)12-24-22(29)18-19-21(27-17-11-7-6-10-16(17)26-19)28(20(18)23)25-13-15-8-4-3-5-9-15/h3-11,13-14H,12,23H2,1-2H3,(H,24,29)/b25-13+. The molecule has 3 N–H and O–H groups in total. The lowest BCUT2D eigenvalue weighted by molar-refractivity contribution is 0.0951. The number of hydrogen-bond acceptors (Lipinski definition) is 5. The molecule has 2 aromatic heterocycles. The average molecular weight is 386 g/mol. The Morgan fingerprint density at radius 2 is 1.76 bits per heavy atom. The molecule has 0 atom stereocenters. The number of nitrogens with zero attached hydrogens (tertiary/aromatic N) is 4. The van der Waals surface area contributed by atoms with Crippen LogP contribution < -0.4 is 11.1 Å². The second-order valence-electron chi connectivity index (χ2n) is 7.22. The van der Waals surface area contributed by atoms with Crippen molar-refractivity contribution < 1.29 is 4.79 Å². The maximum atomic E-state index is 12.9. The number of anilines is 1. The number of amides is 1. The third-order valence-corrected chi connectivity index (χ3v) is 4.49. The van der Waals surface area contributed by atoms with Crippen molar-refractivity contribution in [2.45, 2.75) is 13.8 Å². The van der Waals surface area contributed by atoms with Crippen LogP contribution in [0.5, 0.6) is 0 Å². The van der Waals surface area contributed by atoms with Crippen LogP contribution in [0.4, 0.5) is 5.82 Å². The number of nitrogens with two attached hydrogens (primary N) is 1. The summed E-state index contributed by atoms with van der Waals surface area (Å²) in [5.74, 6) is 0.250. The van der Waals surface area contributed by atoms with Crippen molar-refractivity contribution in [1.29, 1.82) is 0 Å². The van der Waals surface area contributed by atoms with Crippen molar-refractivity contribution in [3.8, 4) is 0 Å². The minimum atomic E-state index is -0.278. The van der Waals surface area contributed by atoms with Crippen LogP contribution in [0.2, 0.25) is 0 Å². The summed E-state index contributed by atoms with van der Waals surface area (Å²) >= 11 is 0. The normalized spacial score (nSPS) is 11.7. The lowest BCUT2D eigenvalue weighted by Gasteiger charge is -2.07. The smallest absolute Gasteiger partial charge is 0.257 e. The Morgan fingerprint density at radius 3 is 2.45 bits per heavy atom. The molecule has 29 heavy (non-hydrogen) atoms. The average Bonchev–Trinajstić information content (AvgIpc) is 2.99. The SMILES string of the molecule is CC(C)CNC(=O)c1c(N)n(/N=C/c2ccccc2)c2nc3ccccc3nc12. The lowest BCUT2D eigenvalue weighted by atomic mass is 10.2. The van der Waals surface area contributed by atoms with Crippen LogP contribution >= 0.6 is 0 Å². The molecule has 2 aromatic carbocycles. The number of carbonyl (C=O) groups is 1. The van der Waals surface area contributed by atoms with E-state index >= 15 is 0 Å². The van der Waals surface area contributed by atoms with Crippen molar-refractivity contribution in [3.63, 3.8) is 0 Å². The summed E-state index contributed by atoms with van der Waals surface area (Å²) in [5.41, 5.74) is 9.86. The Bertz CT molecular complexity index is 1210. The summed E-state index contributed by atoms with van der Waals surface area (Å²) in [7, 11) is 0. The molecule has 0 aliphatic heterocycles. The van der Waals surface area contributed by atoms with Crippen LogP contribution in [0, 0.1) is 5.92 Å². The molecule has 146 valence electrons. The van der Waals surface area contributed by atoms with Gasteiger partial charge in [0.2, 0.25) is 0 Å². The van der Waals surface area contributed by atoms with Gasteiger partial charge in [-0.25, -0.2) is 9.97 Å². The number of nitrogens with one attached hydrogen (secondary N) is 1. The number of benzene rings is 2. The maximum Gasteiger partial charge on any atom is 0.257 e. The second-order valence-corrected chi connectivity index (χ2v) is 7.22. The molecular weight excluding hydrogens is 364 g/mol. The minimum absolute atomic E-state index is 0.212. The topological polar surface area (TPSA) is 98.2 Å². The van der Waals surface area contributed by atoms with Gasteiger partial charge in [-0.15, -0.1) is 0 Å². The summed E-state index contributed by atoms with van der Waals surface area (Å²) < 4.78 is 1.48. The fourth-order valence-corrected chi connectivity index (χ4v) is 3.04. The van der Waals surface area contributed by atoms with Gasteiger partial charge >= 0.3 is 0 Å². The molecular formula is C22H22N6O. The largest absolute Gasteiger partial charge is 0.383 e. The van der Waals surface area contributed by atoms with E-state index in [0.717, 1.165) is 5.56 Å². The highest BCUT2D eigenvalue weighted by atomic mass is 16.1. The van der Waals surface area contributed by atoms with Crippen LogP contribution in [0.25, 0.3) is 22.2 Å². The molecule has 0 bridgehead atoms. The van der Waals surface area contributed by atoms with Gasteiger partial charge in [-0.1, -0.05) is 56.3 Å². The first-order valence-electron chi connectivity index (χ1n) is 9.49. The Balaban J connectivity index is 1.89. The summed E-state index contributed by atoms with van der Waals surface area (Å²) in [6.45, 7) is 4.61. The quantitative estimate of drug-likeness (QED) is 0.513. The van der Waals surface area contributed by atoms with E-state index in [1.807, 2.05) is 68.4 Å². The van der Waals surface area contributed by atoms with E-state index in [1.54, 1.807) is 6.21 Å². The van der Waals surface area contributed by atoms with Crippen LogP contribution in [0.3, 0.4) is 0 Å².